The molecule has 0 radical (unpaired) electrons. The summed E-state index contributed by atoms with van der Waals surface area (Å²) >= 11 is 3.65. The quantitative estimate of drug-likeness (QED) is 0.181. The number of hydrogen-bond donors (Lipinski definition) is 0. The molecule has 0 unspecified atom stereocenters. The fraction of sp³-hybridized carbons (Fsp3) is 0. The number of nitriles is 2. The van der Waals surface area contributed by atoms with E-state index in [1.165, 1.54) is 56.5 Å². The number of fused-ring (bicyclic) bond motifs is 14. The van der Waals surface area contributed by atoms with Gasteiger partial charge in [-0.1, -0.05) is 109 Å². The van der Waals surface area contributed by atoms with Crippen molar-refractivity contribution in [1.82, 2.24) is 9.13 Å². The van der Waals surface area contributed by atoms with Crippen LogP contribution in [-0.4, -0.2) is 9.13 Å². The van der Waals surface area contributed by atoms with Crippen molar-refractivity contribution in [2.45, 2.75) is 0 Å². The minimum absolute atomic E-state index is 0.543. The number of aromatic nitrogens is 2. The summed E-state index contributed by atoms with van der Waals surface area (Å²) < 4.78 is 9.76. The largest absolute Gasteiger partial charge is 0.306 e. The molecule has 0 aliphatic carbocycles. The van der Waals surface area contributed by atoms with E-state index in [4.69, 9.17) is 0 Å². The molecule has 0 spiro atoms. The van der Waals surface area contributed by atoms with Gasteiger partial charge in [0.1, 0.15) is 0 Å². The van der Waals surface area contributed by atoms with E-state index in [0.29, 0.717) is 11.1 Å². The molecule has 0 N–H and O–H groups in total. The molecular formula is C50H26N4S2. The van der Waals surface area contributed by atoms with E-state index in [0.717, 1.165) is 50.0 Å². The molecule has 0 aliphatic heterocycles. The summed E-state index contributed by atoms with van der Waals surface area (Å²) in [4.78, 5) is 0. The number of nitrogens with zero attached hydrogens (tertiary/aromatic N) is 4. The molecule has 4 nitrogen and oxygen atoms in total. The number of hydrogen-bond acceptors (Lipinski definition) is 4. The topological polar surface area (TPSA) is 57.4 Å². The van der Waals surface area contributed by atoms with E-state index in [1.807, 2.05) is 46.9 Å². The highest BCUT2D eigenvalue weighted by atomic mass is 32.1. The first-order valence-corrected chi connectivity index (χ1v) is 20.1. The first-order valence-electron chi connectivity index (χ1n) is 18.5. The van der Waals surface area contributed by atoms with Gasteiger partial charge in [-0.2, -0.15) is 10.5 Å². The fourth-order valence-corrected chi connectivity index (χ4v) is 11.5. The summed E-state index contributed by atoms with van der Waals surface area (Å²) in [5, 5.41) is 30.5. The van der Waals surface area contributed by atoms with Crippen LogP contribution in [0.25, 0.3) is 106 Å². The second kappa shape index (κ2) is 11.6. The highest BCUT2D eigenvalue weighted by Gasteiger charge is 2.25. The van der Waals surface area contributed by atoms with Crippen LogP contribution in [0.2, 0.25) is 0 Å². The number of rotatable bonds is 3. The average molecular weight is 747 g/mol. The van der Waals surface area contributed by atoms with Crippen molar-refractivity contribution < 1.29 is 0 Å². The third kappa shape index (κ3) is 4.20. The van der Waals surface area contributed by atoms with Gasteiger partial charge >= 0.3 is 0 Å². The molecule has 12 aromatic rings. The monoisotopic (exact) mass is 746 g/mol. The van der Waals surface area contributed by atoms with Gasteiger partial charge in [0, 0.05) is 58.1 Å². The highest BCUT2D eigenvalue weighted by Crippen LogP contribution is 2.47. The van der Waals surface area contributed by atoms with Gasteiger partial charge in [-0.15, -0.1) is 22.7 Å². The zero-order chi connectivity index (χ0) is 37.1. The van der Waals surface area contributed by atoms with Crippen LogP contribution in [0.5, 0.6) is 0 Å². The van der Waals surface area contributed by atoms with Crippen molar-refractivity contribution in [3.8, 4) is 34.6 Å². The summed E-state index contributed by atoms with van der Waals surface area (Å²) in [5.74, 6) is 0. The maximum absolute atomic E-state index is 11.0. The molecule has 0 amide bonds. The third-order valence-corrected chi connectivity index (χ3v) is 13.8. The predicted molar refractivity (Wildman–Crippen MR) is 236 cm³/mol. The van der Waals surface area contributed by atoms with Gasteiger partial charge < -0.3 is 9.13 Å². The predicted octanol–water partition coefficient (Wildman–Crippen LogP) is 14.0. The van der Waals surface area contributed by atoms with Crippen molar-refractivity contribution in [1.29, 1.82) is 10.5 Å². The molecule has 258 valence electrons. The van der Waals surface area contributed by atoms with Gasteiger partial charge in [-0.3, -0.25) is 0 Å². The molecule has 6 heteroatoms. The van der Waals surface area contributed by atoms with Crippen LogP contribution in [-0.2, 0) is 0 Å². The summed E-state index contributed by atoms with van der Waals surface area (Å²) in [7, 11) is 0. The minimum atomic E-state index is 0.543. The van der Waals surface area contributed by atoms with Crippen LogP contribution in [0, 0.1) is 22.7 Å². The molecule has 12 rings (SSSR count). The second-order valence-electron chi connectivity index (χ2n) is 14.3. The molecular weight excluding hydrogens is 721 g/mol. The Morgan fingerprint density at radius 2 is 0.911 bits per heavy atom. The Morgan fingerprint density at radius 1 is 0.411 bits per heavy atom. The Hall–Kier alpha value is -7.22. The smallest absolute Gasteiger partial charge is 0.0998 e. The fourth-order valence-electron chi connectivity index (χ4n) is 8.98. The lowest BCUT2D eigenvalue weighted by atomic mass is 9.96. The summed E-state index contributed by atoms with van der Waals surface area (Å²) in [6.45, 7) is 0. The molecule has 8 aromatic carbocycles. The van der Waals surface area contributed by atoms with Crippen LogP contribution >= 0.6 is 22.7 Å². The van der Waals surface area contributed by atoms with E-state index in [1.54, 1.807) is 0 Å². The van der Waals surface area contributed by atoms with Gasteiger partial charge in [-0.05, 0) is 54.1 Å². The molecule has 4 aromatic heterocycles. The standard InChI is InChI=1S/C50H26N4S2/c51-27-29-10-9-11-30(24-29)40-26-44(54-42-17-6-2-13-33(42)37-21-23-39-35-15-4-8-19-46(35)56-50(39)48(37)54)43(25-31(40)28-52)53-41-16-5-1-12-32(41)36-20-22-38-34-14-3-7-18-45(34)55-49(38)47(36)53/h1-26H. The van der Waals surface area contributed by atoms with Gasteiger partial charge in [-0.25, -0.2) is 0 Å². The Morgan fingerprint density at radius 3 is 1.46 bits per heavy atom. The number of benzene rings is 8. The van der Waals surface area contributed by atoms with Crippen LogP contribution in [0.3, 0.4) is 0 Å². The lowest BCUT2D eigenvalue weighted by Crippen LogP contribution is -2.05. The summed E-state index contributed by atoms with van der Waals surface area (Å²) in [6.07, 6.45) is 0. The van der Waals surface area contributed by atoms with Gasteiger partial charge in [0.05, 0.1) is 66.1 Å². The first kappa shape index (κ1) is 31.2. The Kier molecular flexibility index (Phi) is 6.48. The van der Waals surface area contributed by atoms with Crippen LogP contribution in [0.15, 0.2) is 158 Å². The minimum Gasteiger partial charge on any atom is -0.306 e. The molecule has 4 heterocycles. The number of thiophene rings is 2. The lowest BCUT2D eigenvalue weighted by molar-refractivity contribution is 1.10. The molecule has 0 saturated heterocycles. The van der Waals surface area contributed by atoms with Crippen molar-refractivity contribution in [3.05, 3.63) is 169 Å². The van der Waals surface area contributed by atoms with Gasteiger partial charge in [0.2, 0.25) is 0 Å². The van der Waals surface area contributed by atoms with Crippen molar-refractivity contribution >= 4 is 107 Å². The lowest BCUT2D eigenvalue weighted by Gasteiger charge is -2.20. The van der Waals surface area contributed by atoms with Crippen LogP contribution in [0.1, 0.15) is 11.1 Å². The van der Waals surface area contributed by atoms with E-state index in [-0.39, 0.29) is 0 Å². The Labute approximate surface area is 328 Å². The number of para-hydroxylation sites is 2. The molecule has 0 saturated carbocycles. The molecule has 0 atom stereocenters. The maximum Gasteiger partial charge on any atom is 0.0998 e. The average Bonchev–Trinajstić information content (AvgIpc) is 4.01. The van der Waals surface area contributed by atoms with Gasteiger partial charge in [0.25, 0.3) is 0 Å². The second-order valence-corrected chi connectivity index (χ2v) is 16.4. The van der Waals surface area contributed by atoms with Crippen LogP contribution < -0.4 is 0 Å². The maximum atomic E-state index is 11.0. The Bertz CT molecular complexity index is 3750. The summed E-state index contributed by atoms with van der Waals surface area (Å²) in [6, 6.07) is 60.4. The molecule has 0 bridgehead atoms. The van der Waals surface area contributed by atoms with E-state index < -0.39 is 0 Å². The third-order valence-electron chi connectivity index (χ3n) is 11.4. The zero-order valence-corrected chi connectivity index (χ0v) is 31.2. The van der Waals surface area contributed by atoms with Gasteiger partial charge in [0.15, 0.2) is 0 Å². The van der Waals surface area contributed by atoms with E-state index in [9.17, 15) is 10.5 Å². The van der Waals surface area contributed by atoms with Crippen molar-refractivity contribution in [2.24, 2.45) is 0 Å². The van der Waals surface area contributed by atoms with E-state index >= 15 is 0 Å². The zero-order valence-electron chi connectivity index (χ0n) is 29.6. The summed E-state index contributed by atoms with van der Waals surface area (Å²) in [5.41, 5.74) is 9.00. The first-order chi connectivity index (χ1) is 27.7. The Balaban J connectivity index is 1.32. The van der Waals surface area contributed by atoms with E-state index in [2.05, 4.69) is 155 Å². The van der Waals surface area contributed by atoms with Crippen molar-refractivity contribution in [3.63, 3.8) is 0 Å². The van der Waals surface area contributed by atoms with Crippen molar-refractivity contribution in [2.75, 3.05) is 0 Å². The molecule has 0 aliphatic rings. The highest BCUT2D eigenvalue weighted by molar-refractivity contribution is 7.27. The molecule has 0 fully saturated rings. The SMILES string of the molecule is N#Cc1cccc(-c2cc(-n3c4ccccc4c4ccc5c6ccccc6sc5c43)c(-n3c4ccccc4c4ccc5c6ccccc6sc5c43)cc2C#N)c1. The molecule has 56 heavy (non-hydrogen) atoms. The normalized spacial score (nSPS) is 11.9. The van der Waals surface area contributed by atoms with Crippen LogP contribution in [0.4, 0.5) is 0 Å².